The molecule has 0 heterocycles. The molecule has 1 unspecified atom stereocenters. The summed E-state index contributed by atoms with van der Waals surface area (Å²) in [6.45, 7) is 6.76. The molecule has 1 atom stereocenters. The Morgan fingerprint density at radius 2 is 1.27 bits per heavy atom. The third-order valence-electron chi connectivity index (χ3n) is 3.43. The molecule has 0 bridgehead atoms. The SMILES string of the molecule is CCCCCC(CCCCC)C(N)CC. The number of hydrogen-bond acceptors (Lipinski definition) is 1. The standard InChI is InChI=1S/C14H31N/c1-4-7-9-11-13(14(15)6-3)12-10-8-5-2/h13-14H,4-12,15H2,1-3H3. The Morgan fingerprint density at radius 3 is 1.60 bits per heavy atom. The summed E-state index contributed by atoms with van der Waals surface area (Å²) in [4.78, 5) is 0. The van der Waals surface area contributed by atoms with E-state index in [1.165, 1.54) is 51.4 Å². The van der Waals surface area contributed by atoms with Gasteiger partial charge in [0.25, 0.3) is 0 Å². The molecule has 0 spiro atoms. The molecule has 1 heteroatoms. The summed E-state index contributed by atoms with van der Waals surface area (Å²) in [5, 5.41) is 0. The molecular weight excluding hydrogens is 182 g/mol. The van der Waals surface area contributed by atoms with Crippen molar-refractivity contribution in [1.82, 2.24) is 0 Å². The van der Waals surface area contributed by atoms with Gasteiger partial charge in [0.05, 0.1) is 0 Å². The van der Waals surface area contributed by atoms with Crippen molar-refractivity contribution in [1.29, 1.82) is 0 Å². The minimum Gasteiger partial charge on any atom is -0.327 e. The van der Waals surface area contributed by atoms with E-state index in [0.717, 1.165) is 12.3 Å². The quantitative estimate of drug-likeness (QED) is 0.531. The number of rotatable bonds is 10. The summed E-state index contributed by atoms with van der Waals surface area (Å²) >= 11 is 0. The van der Waals surface area contributed by atoms with Crippen LogP contribution in [-0.4, -0.2) is 6.04 Å². The minimum absolute atomic E-state index is 0.443. The maximum absolute atomic E-state index is 6.18. The number of nitrogens with two attached hydrogens (primary N) is 1. The van der Waals surface area contributed by atoms with Crippen molar-refractivity contribution >= 4 is 0 Å². The highest BCUT2D eigenvalue weighted by Gasteiger charge is 2.14. The fraction of sp³-hybridized carbons (Fsp3) is 1.00. The largest absolute Gasteiger partial charge is 0.327 e. The van der Waals surface area contributed by atoms with Crippen LogP contribution in [0, 0.1) is 5.92 Å². The molecule has 1 nitrogen and oxygen atoms in total. The summed E-state index contributed by atoms with van der Waals surface area (Å²) in [5.74, 6) is 0.785. The zero-order chi connectivity index (χ0) is 11.5. The lowest BCUT2D eigenvalue weighted by Crippen LogP contribution is -2.29. The van der Waals surface area contributed by atoms with E-state index < -0.39 is 0 Å². The van der Waals surface area contributed by atoms with Crippen LogP contribution in [0.15, 0.2) is 0 Å². The predicted molar refractivity (Wildman–Crippen MR) is 70.0 cm³/mol. The van der Waals surface area contributed by atoms with E-state index in [9.17, 15) is 0 Å². The second-order valence-corrected chi connectivity index (χ2v) is 4.82. The summed E-state index contributed by atoms with van der Waals surface area (Å²) < 4.78 is 0. The van der Waals surface area contributed by atoms with Crippen molar-refractivity contribution in [3.63, 3.8) is 0 Å². The highest BCUT2D eigenvalue weighted by Crippen LogP contribution is 2.21. The van der Waals surface area contributed by atoms with Gasteiger partial charge in [0.15, 0.2) is 0 Å². The Morgan fingerprint density at radius 1 is 0.800 bits per heavy atom. The van der Waals surface area contributed by atoms with Crippen LogP contribution in [0.25, 0.3) is 0 Å². The van der Waals surface area contributed by atoms with Crippen molar-refractivity contribution in [2.45, 2.75) is 84.6 Å². The molecule has 0 aromatic heterocycles. The molecule has 0 rings (SSSR count). The average Bonchev–Trinajstić information content (AvgIpc) is 2.26. The van der Waals surface area contributed by atoms with Gasteiger partial charge in [-0.2, -0.15) is 0 Å². The lowest BCUT2D eigenvalue weighted by Gasteiger charge is -2.22. The van der Waals surface area contributed by atoms with Gasteiger partial charge in [0.2, 0.25) is 0 Å². The Bertz CT molecular complexity index is 113. The third-order valence-corrected chi connectivity index (χ3v) is 3.43. The van der Waals surface area contributed by atoms with Crippen LogP contribution in [0.2, 0.25) is 0 Å². The van der Waals surface area contributed by atoms with Gasteiger partial charge in [0, 0.05) is 6.04 Å². The molecule has 0 amide bonds. The first-order chi connectivity index (χ1) is 7.26. The van der Waals surface area contributed by atoms with Gasteiger partial charge < -0.3 is 5.73 Å². The molecule has 92 valence electrons. The summed E-state index contributed by atoms with van der Waals surface area (Å²) in [5.41, 5.74) is 6.18. The van der Waals surface area contributed by atoms with Gasteiger partial charge >= 0.3 is 0 Å². The molecule has 0 aliphatic carbocycles. The third kappa shape index (κ3) is 7.84. The van der Waals surface area contributed by atoms with Gasteiger partial charge in [-0.25, -0.2) is 0 Å². The van der Waals surface area contributed by atoms with Crippen molar-refractivity contribution in [2.75, 3.05) is 0 Å². The number of unbranched alkanes of at least 4 members (excludes halogenated alkanes) is 4. The molecule has 0 fully saturated rings. The zero-order valence-corrected chi connectivity index (χ0v) is 11.1. The fourth-order valence-corrected chi connectivity index (χ4v) is 2.22. The zero-order valence-electron chi connectivity index (χ0n) is 11.1. The molecule has 15 heavy (non-hydrogen) atoms. The Labute approximate surface area is 96.8 Å². The molecule has 0 aliphatic heterocycles. The van der Waals surface area contributed by atoms with Crippen LogP contribution in [0.3, 0.4) is 0 Å². The molecule has 2 N–H and O–H groups in total. The maximum Gasteiger partial charge on any atom is 0.00645 e. The highest BCUT2D eigenvalue weighted by molar-refractivity contribution is 4.71. The van der Waals surface area contributed by atoms with E-state index in [0.29, 0.717) is 6.04 Å². The summed E-state index contributed by atoms with van der Waals surface area (Å²) in [6, 6.07) is 0.443. The van der Waals surface area contributed by atoms with Gasteiger partial charge in [-0.3, -0.25) is 0 Å². The number of hydrogen-bond donors (Lipinski definition) is 1. The second-order valence-electron chi connectivity index (χ2n) is 4.82. The van der Waals surface area contributed by atoms with Crippen molar-refractivity contribution in [2.24, 2.45) is 11.7 Å². The van der Waals surface area contributed by atoms with Crippen LogP contribution in [0.4, 0.5) is 0 Å². The average molecular weight is 213 g/mol. The van der Waals surface area contributed by atoms with E-state index in [2.05, 4.69) is 20.8 Å². The summed E-state index contributed by atoms with van der Waals surface area (Å²) in [7, 11) is 0. The van der Waals surface area contributed by atoms with Crippen molar-refractivity contribution in [3.05, 3.63) is 0 Å². The highest BCUT2D eigenvalue weighted by atomic mass is 14.6. The van der Waals surface area contributed by atoms with Crippen molar-refractivity contribution in [3.8, 4) is 0 Å². The fourth-order valence-electron chi connectivity index (χ4n) is 2.22. The first kappa shape index (κ1) is 15.0. The Balaban J connectivity index is 3.73. The van der Waals surface area contributed by atoms with Crippen LogP contribution in [0.5, 0.6) is 0 Å². The van der Waals surface area contributed by atoms with E-state index in [1.807, 2.05) is 0 Å². The van der Waals surface area contributed by atoms with Crippen LogP contribution in [-0.2, 0) is 0 Å². The molecule has 0 radical (unpaired) electrons. The van der Waals surface area contributed by atoms with Gasteiger partial charge in [-0.1, -0.05) is 59.3 Å². The second kappa shape index (κ2) is 10.5. The van der Waals surface area contributed by atoms with Crippen LogP contribution in [0.1, 0.15) is 78.6 Å². The first-order valence-corrected chi connectivity index (χ1v) is 7.01. The topological polar surface area (TPSA) is 26.0 Å². The van der Waals surface area contributed by atoms with Gasteiger partial charge in [-0.15, -0.1) is 0 Å². The van der Waals surface area contributed by atoms with E-state index in [4.69, 9.17) is 5.73 Å². The maximum atomic E-state index is 6.18. The predicted octanol–water partition coefficient (Wildman–Crippen LogP) is 4.50. The molecule has 0 aromatic rings. The molecule has 0 aromatic carbocycles. The minimum atomic E-state index is 0.443. The molecule has 0 saturated heterocycles. The molecular formula is C14H31N. The molecule has 0 saturated carbocycles. The Kier molecular flexibility index (Phi) is 10.4. The van der Waals surface area contributed by atoms with Gasteiger partial charge in [0.1, 0.15) is 0 Å². The monoisotopic (exact) mass is 213 g/mol. The van der Waals surface area contributed by atoms with E-state index in [1.54, 1.807) is 0 Å². The molecule has 0 aliphatic rings. The lowest BCUT2D eigenvalue weighted by molar-refractivity contribution is 0.338. The Hall–Kier alpha value is -0.0400. The van der Waals surface area contributed by atoms with E-state index in [-0.39, 0.29) is 0 Å². The van der Waals surface area contributed by atoms with Crippen LogP contribution >= 0.6 is 0 Å². The lowest BCUT2D eigenvalue weighted by atomic mass is 9.88. The smallest absolute Gasteiger partial charge is 0.00645 e. The van der Waals surface area contributed by atoms with Crippen LogP contribution < -0.4 is 5.73 Å². The first-order valence-electron chi connectivity index (χ1n) is 7.01. The van der Waals surface area contributed by atoms with Gasteiger partial charge in [-0.05, 0) is 25.2 Å². The van der Waals surface area contributed by atoms with Crippen molar-refractivity contribution < 1.29 is 0 Å². The van der Waals surface area contributed by atoms with E-state index >= 15 is 0 Å². The summed E-state index contributed by atoms with van der Waals surface area (Å²) in [6.07, 6.45) is 12.0. The normalized spacial score (nSPS) is 13.4.